The van der Waals surface area contributed by atoms with Crippen molar-refractivity contribution < 1.29 is 9.59 Å². The molecular formula is C27H28ClN5O2S. The van der Waals surface area contributed by atoms with Crippen LogP contribution in [0.25, 0.3) is 23.1 Å². The van der Waals surface area contributed by atoms with E-state index < -0.39 is 0 Å². The van der Waals surface area contributed by atoms with Crippen LogP contribution in [0.2, 0.25) is 0 Å². The molecule has 186 valence electrons. The lowest BCUT2D eigenvalue weighted by Gasteiger charge is -2.32. The number of carbonyl (C=O) groups is 2. The van der Waals surface area contributed by atoms with Crippen molar-refractivity contribution in [3.05, 3.63) is 81.2 Å². The molecule has 5 rings (SSSR count). The molecular weight excluding hydrogens is 494 g/mol. The number of thiophene rings is 1. The summed E-state index contributed by atoms with van der Waals surface area (Å²) in [5.74, 6) is -0.198. The molecule has 0 radical (unpaired) electrons. The number of hydrogen-bond acceptors (Lipinski definition) is 5. The third-order valence-electron chi connectivity index (χ3n) is 6.33. The van der Waals surface area contributed by atoms with Crippen LogP contribution >= 0.6 is 23.7 Å². The third kappa shape index (κ3) is 5.36. The summed E-state index contributed by atoms with van der Waals surface area (Å²) in [6.07, 6.45) is 3.84. The zero-order valence-electron chi connectivity index (χ0n) is 20.2. The Morgan fingerprint density at radius 3 is 2.58 bits per heavy atom. The van der Waals surface area contributed by atoms with E-state index in [1.165, 1.54) is 11.3 Å². The number of anilines is 1. The van der Waals surface area contributed by atoms with Crippen LogP contribution in [0.1, 0.15) is 36.9 Å². The molecule has 0 atom stereocenters. The van der Waals surface area contributed by atoms with Crippen molar-refractivity contribution in [1.82, 2.24) is 20.0 Å². The van der Waals surface area contributed by atoms with E-state index in [-0.39, 0.29) is 24.2 Å². The van der Waals surface area contributed by atoms with E-state index in [2.05, 4.69) is 27.5 Å². The lowest BCUT2D eigenvalue weighted by molar-refractivity contribution is 0.0664. The molecule has 2 N–H and O–H groups in total. The number of aromatic amines is 1. The second-order valence-corrected chi connectivity index (χ2v) is 9.69. The van der Waals surface area contributed by atoms with E-state index in [1.807, 2.05) is 71.8 Å². The number of amides is 2. The van der Waals surface area contributed by atoms with Gasteiger partial charge in [-0.1, -0.05) is 30.3 Å². The molecule has 1 fully saturated rings. The Morgan fingerprint density at radius 1 is 1.06 bits per heavy atom. The van der Waals surface area contributed by atoms with E-state index >= 15 is 0 Å². The average molecular weight is 522 g/mol. The standard InChI is InChI=1S/C27H27N5O2S.ClH/c1-18-11-16-35-25(18)26(33)28-24-17-20(27(34)32-14-12-31(2)13-15-32)8-7-19(24)9-10-23-21-5-3-4-6-22(21)29-30-23;/h3-11,16-17H,12-15H2,1-2H3,(H,28,33)(H,29,30);1H/b10-9+;. The second-order valence-electron chi connectivity index (χ2n) is 8.77. The Kier molecular flexibility index (Phi) is 7.88. The maximum absolute atomic E-state index is 13.2. The quantitative estimate of drug-likeness (QED) is 0.380. The van der Waals surface area contributed by atoms with Crippen LogP contribution < -0.4 is 5.32 Å². The van der Waals surface area contributed by atoms with E-state index in [9.17, 15) is 9.59 Å². The number of carbonyl (C=O) groups excluding carboxylic acids is 2. The summed E-state index contributed by atoms with van der Waals surface area (Å²) in [5.41, 5.74) is 4.66. The molecule has 1 saturated heterocycles. The molecule has 2 amide bonds. The van der Waals surface area contributed by atoms with Crippen LogP contribution in [0.3, 0.4) is 0 Å². The smallest absolute Gasteiger partial charge is 0.266 e. The Bertz CT molecular complexity index is 1420. The van der Waals surface area contributed by atoms with E-state index in [1.54, 1.807) is 6.07 Å². The van der Waals surface area contributed by atoms with Gasteiger partial charge in [0.05, 0.1) is 16.1 Å². The largest absolute Gasteiger partial charge is 0.336 e. The average Bonchev–Trinajstić information content (AvgIpc) is 3.49. The number of aryl methyl sites for hydroxylation is 1. The molecule has 2 aromatic carbocycles. The maximum Gasteiger partial charge on any atom is 0.266 e. The number of rotatable bonds is 5. The van der Waals surface area contributed by atoms with Gasteiger partial charge in [-0.15, -0.1) is 23.7 Å². The van der Waals surface area contributed by atoms with Crippen LogP contribution in [0.5, 0.6) is 0 Å². The highest BCUT2D eigenvalue weighted by atomic mass is 35.5. The third-order valence-corrected chi connectivity index (χ3v) is 7.34. The summed E-state index contributed by atoms with van der Waals surface area (Å²) in [6.45, 7) is 5.01. The molecule has 0 spiro atoms. The number of hydrogen-bond donors (Lipinski definition) is 2. The first kappa shape index (κ1) is 25.6. The lowest BCUT2D eigenvalue weighted by atomic mass is 10.1. The van der Waals surface area contributed by atoms with E-state index in [0.29, 0.717) is 29.2 Å². The van der Waals surface area contributed by atoms with Crippen LogP contribution in [-0.2, 0) is 0 Å². The van der Waals surface area contributed by atoms with Gasteiger partial charge in [0.25, 0.3) is 11.8 Å². The molecule has 0 saturated carbocycles. The molecule has 0 bridgehead atoms. The summed E-state index contributed by atoms with van der Waals surface area (Å²) < 4.78 is 0. The summed E-state index contributed by atoms with van der Waals surface area (Å²) in [4.78, 5) is 31.0. The summed E-state index contributed by atoms with van der Waals surface area (Å²) in [7, 11) is 2.06. The van der Waals surface area contributed by atoms with Crippen molar-refractivity contribution in [3.8, 4) is 0 Å². The van der Waals surface area contributed by atoms with Crippen molar-refractivity contribution in [2.24, 2.45) is 0 Å². The Balaban J connectivity index is 0.00000304. The number of halogens is 1. The number of fused-ring (bicyclic) bond motifs is 1. The predicted octanol–water partition coefficient (Wildman–Crippen LogP) is 5.16. The van der Waals surface area contributed by atoms with Gasteiger partial charge in [-0.25, -0.2) is 0 Å². The first-order chi connectivity index (χ1) is 17.0. The number of H-pyrrole nitrogens is 1. The van der Waals surface area contributed by atoms with Crippen molar-refractivity contribution in [2.45, 2.75) is 6.92 Å². The van der Waals surface area contributed by atoms with Crippen LogP contribution in [0.15, 0.2) is 53.9 Å². The van der Waals surface area contributed by atoms with Crippen LogP contribution in [0.4, 0.5) is 5.69 Å². The zero-order valence-corrected chi connectivity index (χ0v) is 21.8. The van der Waals surface area contributed by atoms with Gasteiger partial charge in [-0.2, -0.15) is 5.10 Å². The Hall–Kier alpha value is -3.46. The SMILES string of the molecule is Cc1ccsc1C(=O)Nc1cc(C(=O)N2CCN(C)CC2)ccc1/C=C/c1n[nH]c2ccccc12.Cl. The van der Waals surface area contributed by atoms with Gasteiger partial charge in [-0.3, -0.25) is 14.7 Å². The van der Waals surface area contributed by atoms with Crippen LogP contribution in [0, 0.1) is 6.92 Å². The number of para-hydroxylation sites is 1. The molecule has 1 aliphatic heterocycles. The lowest BCUT2D eigenvalue weighted by Crippen LogP contribution is -2.47. The highest BCUT2D eigenvalue weighted by Gasteiger charge is 2.21. The fourth-order valence-electron chi connectivity index (χ4n) is 4.20. The molecule has 36 heavy (non-hydrogen) atoms. The maximum atomic E-state index is 13.2. The summed E-state index contributed by atoms with van der Waals surface area (Å²) >= 11 is 1.40. The number of benzene rings is 2. The normalized spacial score (nSPS) is 14.2. The zero-order chi connectivity index (χ0) is 24.4. The van der Waals surface area contributed by atoms with Gasteiger partial charge < -0.3 is 15.1 Å². The minimum absolute atomic E-state index is 0. The fraction of sp³-hybridized carbons (Fsp3) is 0.222. The topological polar surface area (TPSA) is 81.3 Å². The fourth-order valence-corrected chi connectivity index (χ4v) is 5.02. The Morgan fingerprint density at radius 2 is 1.83 bits per heavy atom. The summed E-state index contributed by atoms with van der Waals surface area (Å²) in [6, 6.07) is 15.3. The molecule has 1 aliphatic rings. The molecule has 2 aromatic heterocycles. The number of piperazine rings is 1. The molecule has 0 unspecified atom stereocenters. The van der Waals surface area contributed by atoms with Crippen LogP contribution in [-0.4, -0.2) is 65.0 Å². The van der Waals surface area contributed by atoms with Gasteiger partial charge in [0.15, 0.2) is 0 Å². The van der Waals surface area contributed by atoms with Crippen molar-refractivity contribution in [1.29, 1.82) is 0 Å². The minimum Gasteiger partial charge on any atom is -0.336 e. The number of aromatic nitrogens is 2. The first-order valence-corrected chi connectivity index (χ1v) is 12.5. The van der Waals surface area contributed by atoms with Crippen molar-refractivity contribution in [3.63, 3.8) is 0 Å². The highest BCUT2D eigenvalue weighted by Crippen LogP contribution is 2.25. The van der Waals surface area contributed by atoms with E-state index in [0.717, 1.165) is 40.8 Å². The first-order valence-electron chi connectivity index (χ1n) is 11.6. The highest BCUT2D eigenvalue weighted by molar-refractivity contribution is 7.12. The molecule has 0 aliphatic carbocycles. The van der Waals surface area contributed by atoms with Gasteiger partial charge in [0.2, 0.25) is 0 Å². The van der Waals surface area contributed by atoms with Gasteiger partial charge >= 0.3 is 0 Å². The Labute approximate surface area is 220 Å². The van der Waals surface area contributed by atoms with Gasteiger partial charge in [0.1, 0.15) is 0 Å². The van der Waals surface area contributed by atoms with E-state index in [4.69, 9.17) is 0 Å². The molecule has 9 heteroatoms. The monoisotopic (exact) mass is 521 g/mol. The van der Waals surface area contributed by atoms with Gasteiger partial charge in [-0.05, 0) is 60.8 Å². The summed E-state index contributed by atoms with van der Waals surface area (Å²) in [5, 5.41) is 13.4. The predicted molar refractivity (Wildman–Crippen MR) is 149 cm³/mol. The molecule has 7 nitrogen and oxygen atoms in total. The minimum atomic E-state index is -0.179. The van der Waals surface area contributed by atoms with Crippen molar-refractivity contribution >= 4 is 64.3 Å². The second kappa shape index (κ2) is 11.1. The molecule has 3 heterocycles. The van der Waals surface area contributed by atoms with Gasteiger partial charge in [0, 0.05) is 42.8 Å². The van der Waals surface area contributed by atoms with Crippen molar-refractivity contribution in [2.75, 3.05) is 38.5 Å². The number of nitrogens with zero attached hydrogens (tertiary/aromatic N) is 3. The molecule has 4 aromatic rings. The number of likely N-dealkylation sites (N-methyl/N-ethyl adjacent to an activating group) is 1. The number of nitrogens with one attached hydrogen (secondary N) is 2.